The number of nitrogens with zero attached hydrogens (tertiary/aromatic N) is 1. The maximum atomic E-state index is 12.1. The number of carbonyl (C=O) groups is 1. The van der Waals surface area contributed by atoms with Crippen LogP contribution in [0.1, 0.15) is 31.2 Å². The lowest BCUT2D eigenvalue weighted by Crippen LogP contribution is -2.47. The molecule has 0 radical (unpaired) electrons. The van der Waals surface area contributed by atoms with Gasteiger partial charge in [0.25, 0.3) is 0 Å². The Morgan fingerprint density at radius 2 is 2.18 bits per heavy atom. The number of nitrogens with one attached hydrogen (secondary N) is 1. The highest BCUT2D eigenvalue weighted by Crippen LogP contribution is 2.35. The molecule has 0 saturated carbocycles. The van der Waals surface area contributed by atoms with Crippen LogP contribution >= 0.6 is 0 Å². The average Bonchev–Trinajstić information content (AvgIpc) is 2.56. The van der Waals surface area contributed by atoms with E-state index in [2.05, 4.69) is 29.3 Å². The van der Waals surface area contributed by atoms with Gasteiger partial charge in [0.2, 0.25) is 5.91 Å². The van der Waals surface area contributed by atoms with Crippen molar-refractivity contribution < 1.29 is 4.79 Å². The van der Waals surface area contributed by atoms with Gasteiger partial charge in [-0.05, 0) is 37.5 Å². The Balaban J connectivity index is 2.05. The topological polar surface area (TPSA) is 32.3 Å². The summed E-state index contributed by atoms with van der Waals surface area (Å²) in [5.41, 5.74) is 3.43. The predicted octanol–water partition coefficient (Wildman–Crippen LogP) is 2.70. The first-order valence-electron chi connectivity index (χ1n) is 6.44. The fraction of sp³-hybridized carbons (Fsp3) is 0.500. The third-order valence-corrected chi connectivity index (χ3v) is 3.78. The highest BCUT2D eigenvalue weighted by molar-refractivity contribution is 6.03. The maximum absolute atomic E-state index is 12.1. The van der Waals surface area contributed by atoms with Crippen molar-refractivity contribution in [3.05, 3.63) is 23.8 Å². The summed E-state index contributed by atoms with van der Waals surface area (Å²) >= 11 is 0. The van der Waals surface area contributed by atoms with Gasteiger partial charge in [0.1, 0.15) is 6.04 Å². The van der Waals surface area contributed by atoms with Crippen molar-refractivity contribution >= 4 is 17.3 Å². The smallest absolute Gasteiger partial charge is 0.247 e. The van der Waals surface area contributed by atoms with Gasteiger partial charge in [0.05, 0.1) is 11.4 Å². The van der Waals surface area contributed by atoms with Gasteiger partial charge in [-0.2, -0.15) is 0 Å². The molecule has 0 bridgehead atoms. The number of anilines is 2. The molecule has 1 unspecified atom stereocenters. The normalized spacial score (nSPS) is 23.5. The fourth-order valence-electron chi connectivity index (χ4n) is 2.87. The molecule has 2 heterocycles. The van der Waals surface area contributed by atoms with Crippen LogP contribution in [0, 0.1) is 6.92 Å². The second-order valence-corrected chi connectivity index (χ2v) is 5.07. The van der Waals surface area contributed by atoms with Crippen molar-refractivity contribution in [1.29, 1.82) is 0 Å². The molecule has 1 amide bonds. The van der Waals surface area contributed by atoms with E-state index < -0.39 is 0 Å². The van der Waals surface area contributed by atoms with Crippen molar-refractivity contribution in [2.75, 3.05) is 16.8 Å². The average molecular weight is 230 g/mol. The van der Waals surface area contributed by atoms with Crippen LogP contribution in [0.15, 0.2) is 18.2 Å². The molecule has 3 rings (SSSR count). The van der Waals surface area contributed by atoms with Gasteiger partial charge in [0, 0.05) is 6.54 Å². The van der Waals surface area contributed by atoms with Crippen LogP contribution in [0.2, 0.25) is 0 Å². The minimum Gasteiger partial charge on any atom is -0.358 e. The van der Waals surface area contributed by atoms with Gasteiger partial charge in [-0.25, -0.2) is 0 Å². The van der Waals surface area contributed by atoms with Crippen LogP contribution in [-0.4, -0.2) is 18.5 Å². The summed E-state index contributed by atoms with van der Waals surface area (Å²) < 4.78 is 0. The number of benzene rings is 1. The molecule has 1 atom stereocenters. The first-order valence-corrected chi connectivity index (χ1v) is 6.44. The van der Waals surface area contributed by atoms with Crippen LogP contribution in [0.4, 0.5) is 11.4 Å². The van der Waals surface area contributed by atoms with Gasteiger partial charge >= 0.3 is 0 Å². The lowest BCUT2D eigenvalue weighted by atomic mass is 10.0. The molecular weight excluding hydrogens is 212 g/mol. The Bertz CT molecular complexity index is 456. The van der Waals surface area contributed by atoms with Crippen LogP contribution in [-0.2, 0) is 4.79 Å². The van der Waals surface area contributed by atoms with Crippen molar-refractivity contribution in [2.45, 2.75) is 38.6 Å². The lowest BCUT2D eigenvalue weighted by Gasteiger charge is -2.37. The summed E-state index contributed by atoms with van der Waals surface area (Å²) in [6, 6.07) is 6.31. The number of carbonyl (C=O) groups excluding carboxylic acids is 1. The summed E-state index contributed by atoms with van der Waals surface area (Å²) in [7, 11) is 0. The van der Waals surface area contributed by atoms with E-state index in [0.29, 0.717) is 0 Å². The van der Waals surface area contributed by atoms with E-state index in [4.69, 9.17) is 0 Å². The highest BCUT2D eigenvalue weighted by Gasteiger charge is 2.33. The summed E-state index contributed by atoms with van der Waals surface area (Å²) in [6.45, 7) is 3.11. The molecule has 0 aliphatic carbocycles. The zero-order valence-electron chi connectivity index (χ0n) is 10.2. The van der Waals surface area contributed by atoms with Crippen molar-refractivity contribution in [1.82, 2.24) is 0 Å². The molecule has 1 aromatic carbocycles. The van der Waals surface area contributed by atoms with E-state index in [1.807, 2.05) is 6.07 Å². The van der Waals surface area contributed by atoms with E-state index in [1.165, 1.54) is 24.1 Å². The van der Waals surface area contributed by atoms with E-state index >= 15 is 0 Å². The molecule has 3 nitrogen and oxygen atoms in total. The Labute approximate surface area is 102 Å². The van der Waals surface area contributed by atoms with Gasteiger partial charge in [-0.3, -0.25) is 4.79 Å². The molecule has 1 N–H and O–H groups in total. The number of hydrogen-bond donors (Lipinski definition) is 1. The van der Waals surface area contributed by atoms with Gasteiger partial charge in [-0.15, -0.1) is 0 Å². The zero-order chi connectivity index (χ0) is 11.8. The number of amides is 1. The molecule has 3 heteroatoms. The molecule has 2 aliphatic heterocycles. The molecule has 17 heavy (non-hydrogen) atoms. The molecule has 1 fully saturated rings. The van der Waals surface area contributed by atoms with E-state index in [0.717, 1.165) is 25.1 Å². The second kappa shape index (κ2) is 4.06. The third kappa shape index (κ3) is 1.79. The Hall–Kier alpha value is -1.51. The molecule has 2 aliphatic rings. The lowest BCUT2D eigenvalue weighted by molar-refractivity contribution is -0.117. The summed E-state index contributed by atoms with van der Waals surface area (Å²) in [6.07, 6.45) is 4.58. The molecule has 0 spiro atoms. The molecule has 90 valence electrons. The monoisotopic (exact) mass is 230 g/mol. The van der Waals surface area contributed by atoms with Crippen molar-refractivity contribution in [3.63, 3.8) is 0 Å². The fourth-order valence-corrected chi connectivity index (χ4v) is 2.87. The van der Waals surface area contributed by atoms with Crippen LogP contribution in [0.25, 0.3) is 0 Å². The standard InChI is InChI=1S/C14H18N2O/c1-10-6-7-11-13(9-10)16-8-4-2-3-5-12(16)14(17)15-11/h6-7,9,12H,2-5,8H2,1H3,(H,15,17). The van der Waals surface area contributed by atoms with E-state index in [-0.39, 0.29) is 11.9 Å². The van der Waals surface area contributed by atoms with Crippen LogP contribution in [0.3, 0.4) is 0 Å². The summed E-state index contributed by atoms with van der Waals surface area (Å²) in [5.74, 6) is 0.170. The summed E-state index contributed by atoms with van der Waals surface area (Å²) in [4.78, 5) is 14.4. The highest BCUT2D eigenvalue weighted by atomic mass is 16.2. The molecule has 1 aromatic rings. The first kappa shape index (κ1) is 10.6. The predicted molar refractivity (Wildman–Crippen MR) is 69.4 cm³/mol. The largest absolute Gasteiger partial charge is 0.358 e. The maximum Gasteiger partial charge on any atom is 0.247 e. The van der Waals surface area contributed by atoms with Crippen LogP contribution in [0.5, 0.6) is 0 Å². The quantitative estimate of drug-likeness (QED) is 0.743. The number of rotatable bonds is 0. The number of aryl methyl sites for hydroxylation is 1. The minimum absolute atomic E-state index is 0.0480. The molecule has 0 aromatic heterocycles. The molecular formula is C14H18N2O. The van der Waals surface area contributed by atoms with Crippen molar-refractivity contribution in [2.24, 2.45) is 0 Å². The van der Waals surface area contributed by atoms with Crippen LogP contribution < -0.4 is 10.2 Å². The SMILES string of the molecule is Cc1ccc2c(c1)N1CCCCCC1C(=O)N2. The number of hydrogen-bond acceptors (Lipinski definition) is 2. The second-order valence-electron chi connectivity index (χ2n) is 5.07. The number of fused-ring (bicyclic) bond motifs is 3. The summed E-state index contributed by atoms with van der Waals surface area (Å²) in [5, 5.41) is 3.03. The van der Waals surface area contributed by atoms with Gasteiger partial charge in [0.15, 0.2) is 0 Å². The van der Waals surface area contributed by atoms with Gasteiger partial charge in [-0.1, -0.05) is 18.9 Å². The molecule has 1 saturated heterocycles. The van der Waals surface area contributed by atoms with E-state index in [1.54, 1.807) is 0 Å². The Kier molecular flexibility index (Phi) is 2.54. The first-order chi connectivity index (χ1) is 8.25. The zero-order valence-corrected chi connectivity index (χ0v) is 10.2. The van der Waals surface area contributed by atoms with Gasteiger partial charge < -0.3 is 10.2 Å². The van der Waals surface area contributed by atoms with Crippen molar-refractivity contribution in [3.8, 4) is 0 Å². The van der Waals surface area contributed by atoms with E-state index in [9.17, 15) is 4.79 Å². The third-order valence-electron chi connectivity index (χ3n) is 3.78. The Morgan fingerprint density at radius 3 is 3.06 bits per heavy atom. The minimum atomic E-state index is 0.0480. The Morgan fingerprint density at radius 1 is 1.29 bits per heavy atom.